The first-order valence-electron chi connectivity index (χ1n) is 8.71. The molecular formula is C19H17F3N2O5. The molecule has 0 aliphatic carbocycles. The highest BCUT2D eigenvalue weighted by Gasteiger charge is 2.37. The molecule has 0 unspecified atom stereocenters. The number of nitrogens with zero attached hydrogens (tertiary/aromatic N) is 1. The van der Waals surface area contributed by atoms with Gasteiger partial charge in [-0.05, 0) is 31.2 Å². The van der Waals surface area contributed by atoms with Gasteiger partial charge in [0.1, 0.15) is 5.76 Å². The molecule has 0 radical (unpaired) electrons. The summed E-state index contributed by atoms with van der Waals surface area (Å²) in [5, 5.41) is 2.03. The van der Waals surface area contributed by atoms with Crippen LogP contribution in [0.1, 0.15) is 19.1 Å². The second-order valence-corrected chi connectivity index (χ2v) is 6.55. The number of rotatable bonds is 6. The Morgan fingerprint density at radius 1 is 1.28 bits per heavy atom. The van der Waals surface area contributed by atoms with E-state index in [0.29, 0.717) is 11.8 Å². The van der Waals surface area contributed by atoms with Crippen LogP contribution in [0.4, 0.5) is 18.9 Å². The maximum absolute atomic E-state index is 13.6. The van der Waals surface area contributed by atoms with Crippen LogP contribution >= 0.6 is 0 Å². The van der Waals surface area contributed by atoms with Crippen LogP contribution in [-0.2, 0) is 25.7 Å². The number of anilines is 1. The van der Waals surface area contributed by atoms with Crippen molar-refractivity contribution in [2.24, 2.45) is 5.92 Å². The first-order chi connectivity index (χ1) is 13.8. The van der Waals surface area contributed by atoms with Crippen molar-refractivity contribution in [1.82, 2.24) is 4.90 Å². The molecule has 1 aliphatic rings. The zero-order valence-electron chi connectivity index (χ0n) is 15.3. The highest BCUT2D eigenvalue weighted by atomic mass is 19.2. The van der Waals surface area contributed by atoms with Crippen LogP contribution in [0.15, 0.2) is 34.9 Å². The van der Waals surface area contributed by atoms with Crippen molar-refractivity contribution in [2.45, 2.75) is 26.0 Å². The zero-order chi connectivity index (χ0) is 21.1. The lowest BCUT2D eigenvalue weighted by Gasteiger charge is -2.17. The Hall–Kier alpha value is -3.30. The summed E-state index contributed by atoms with van der Waals surface area (Å²) in [5.74, 6) is -6.86. The minimum atomic E-state index is -1.73. The predicted octanol–water partition coefficient (Wildman–Crippen LogP) is 2.62. The molecule has 1 aromatic carbocycles. The van der Waals surface area contributed by atoms with E-state index in [1.807, 2.05) is 5.32 Å². The molecule has 2 aromatic rings. The van der Waals surface area contributed by atoms with E-state index in [-0.39, 0.29) is 25.4 Å². The Morgan fingerprint density at radius 2 is 2.03 bits per heavy atom. The largest absolute Gasteiger partial charge is 0.467 e. The lowest BCUT2D eigenvalue weighted by molar-refractivity contribution is -0.157. The third kappa shape index (κ3) is 4.58. The third-order valence-corrected chi connectivity index (χ3v) is 4.43. The van der Waals surface area contributed by atoms with Gasteiger partial charge in [-0.25, -0.2) is 13.2 Å². The van der Waals surface area contributed by atoms with Gasteiger partial charge in [-0.15, -0.1) is 0 Å². The molecule has 2 heterocycles. The van der Waals surface area contributed by atoms with Crippen LogP contribution in [-0.4, -0.2) is 35.3 Å². The van der Waals surface area contributed by atoms with E-state index < -0.39 is 47.0 Å². The average molecular weight is 410 g/mol. The Kier molecular flexibility index (Phi) is 5.90. The molecule has 0 saturated carbocycles. The van der Waals surface area contributed by atoms with Crippen LogP contribution in [0.3, 0.4) is 0 Å². The van der Waals surface area contributed by atoms with E-state index >= 15 is 0 Å². The number of hydrogen-bond acceptors (Lipinski definition) is 5. The van der Waals surface area contributed by atoms with Crippen molar-refractivity contribution >= 4 is 23.5 Å². The third-order valence-electron chi connectivity index (χ3n) is 4.43. The van der Waals surface area contributed by atoms with E-state index in [4.69, 9.17) is 9.15 Å². The second kappa shape index (κ2) is 8.38. The van der Waals surface area contributed by atoms with Crippen molar-refractivity contribution in [3.63, 3.8) is 0 Å². The molecule has 3 rings (SSSR count). The number of nitrogens with one attached hydrogen (secondary N) is 1. The highest BCUT2D eigenvalue weighted by molar-refractivity contribution is 5.95. The van der Waals surface area contributed by atoms with Gasteiger partial charge in [0.25, 0.3) is 5.91 Å². The highest BCUT2D eigenvalue weighted by Crippen LogP contribution is 2.23. The predicted molar refractivity (Wildman–Crippen MR) is 92.7 cm³/mol. The van der Waals surface area contributed by atoms with Gasteiger partial charge in [0, 0.05) is 13.0 Å². The Morgan fingerprint density at radius 3 is 2.72 bits per heavy atom. The van der Waals surface area contributed by atoms with E-state index in [9.17, 15) is 27.6 Å². The zero-order valence-corrected chi connectivity index (χ0v) is 15.3. The minimum absolute atomic E-state index is 0.0777. The SMILES string of the molecule is C[C@H](OC(=O)[C@@H]1CC(=O)N(Cc2ccco2)C1)C(=O)Nc1ccc(F)c(F)c1F. The number of halogens is 3. The molecule has 10 heteroatoms. The Bertz CT molecular complexity index is 932. The van der Waals surface area contributed by atoms with Crippen LogP contribution in [0, 0.1) is 23.4 Å². The van der Waals surface area contributed by atoms with Crippen molar-refractivity contribution in [1.29, 1.82) is 0 Å². The van der Waals surface area contributed by atoms with Gasteiger partial charge in [0.2, 0.25) is 5.91 Å². The van der Waals surface area contributed by atoms with Gasteiger partial charge < -0.3 is 19.4 Å². The normalized spacial score (nSPS) is 17.3. The Labute approximate surface area is 163 Å². The van der Waals surface area contributed by atoms with Gasteiger partial charge in [-0.2, -0.15) is 0 Å². The number of amides is 2. The first kappa shape index (κ1) is 20.4. The quantitative estimate of drug-likeness (QED) is 0.584. The van der Waals surface area contributed by atoms with E-state index in [2.05, 4.69) is 0 Å². The number of benzene rings is 1. The summed E-state index contributed by atoms with van der Waals surface area (Å²) in [7, 11) is 0. The molecule has 2 atom stereocenters. The summed E-state index contributed by atoms with van der Waals surface area (Å²) >= 11 is 0. The minimum Gasteiger partial charge on any atom is -0.467 e. The summed E-state index contributed by atoms with van der Waals surface area (Å²) in [6.45, 7) is 1.55. The van der Waals surface area contributed by atoms with Crippen molar-refractivity contribution in [3.05, 3.63) is 53.7 Å². The van der Waals surface area contributed by atoms with E-state index in [1.165, 1.54) is 18.1 Å². The second-order valence-electron chi connectivity index (χ2n) is 6.55. The molecule has 1 fully saturated rings. The lowest BCUT2D eigenvalue weighted by Crippen LogP contribution is -2.33. The number of carbonyl (C=O) groups excluding carboxylic acids is 3. The maximum Gasteiger partial charge on any atom is 0.312 e. The summed E-state index contributed by atoms with van der Waals surface area (Å²) in [5.41, 5.74) is -0.586. The van der Waals surface area contributed by atoms with Gasteiger partial charge in [0.15, 0.2) is 23.6 Å². The molecule has 154 valence electrons. The molecular weight excluding hydrogens is 393 g/mol. The number of likely N-dealkylation sites (tertiary alicyclic amines) is 1. The summed E-state index contributed by atoms with van der Waals surface area (Å²) < 4.78 is 50.1. The number of ether oxygens (including phenoxy) is 1. The van der Waals surface area contributed by atoms with Gasteiger partial charge in [-0.3, -0.25) is 14.4 Å². The topological polar surface area (TPSA) is 88.9 Å². The van der Waals surface area contributed by atoms with Crippen LogP contribution < -0.4 is 5.32 Å². The number of carbonyl (C=O) groups is 3. The molecule has 0 bridgehead atoms. The van der Waals surface area contributed by atoms with E-state index in [0.717, 1.165) is 6.07 Å². The number of furan rings is 1. The fourth-order valence-electron chi connectivity index (χ4n) is 2.85. The summed E-state index contributed by atoms with van der Waals surface area (Å²) in [6, 6.07) is 4.88. The van der Waals surface area contributed by atoms with Crippen LogP contribution in [0.2, 0.25) is 0 Å². The molecule has 1 N–H and O–H groups in total. The van der Waals surface area contributed by atoms with E-state index in [1.54, 1.807) is 12.1 Å². The lowest BCUT2D eigenvalue weighted by atomic mass is 10.1. The van der Waals surface area contributed by atoms with Crippen molar-refractivity contribution < 1.29 is 36.7 Å². The van der Waals surface area contributed by atoms with Gasteiger partial charge in [-0.1, -0.05) is 0 Å². The van der Waals surface area contributed by atoms with Crippen molar-refractivity contribution in [2.75, 3.05) is 11.9 Å². The average Bonchev–Trinajstić information content (AvgIpc) is 3.32. The molecule has 1 aliphatic heterocycles. The first-order valence-corrected chi connectivity index (χ1v) is 8.71. The fourth-order valence-corrected chi connectivity index (χ4v) is 2.85. The number of esters is 1. The summed E-state index contributed by atoms with van der Waals surface area (Å²) in [6.07, 6.45) is 0.0490. The van der Waals surface area contributed by atoms with Gasteiger partial charge in [0.05, 0.1) is 24.4 Å². The van der Waals surface area contributed by atoms with Gasteiger partial charge >= 0.3 is 5.97 Å². The Balaban J connectivity index is 1.55. The number of hydrogen-bond donors (Lipinski definition) is 1. The molecule has 2 amide bonds. The standard InChI is InChI=1S/C19H17F3N2O5/c1-10(18(26)23-14-5-4-13(20)16(21)17(14)22)29-19(27)11-7-15(25)24(8-11)9-12-3-2-6-28-12/h2-6,10-11H,7-9H2,1H3,(H,23,26)/t10-,11+/m0/s1. The smallest absolute Gasteiger partial charge is 0.312 e. The monoisotopic (exact) mass is 410 g/mol. The molecule has 29 heavy (non-hydrogen) atoms. The molecule has 0 spiro atoms. The molecule has 1 saturated heterocycles. The fraction of sp³-hybridized carbons (Fsp3) is 0.316. The van der Waals surface area contributed by atoms with Crippen LogP contribution in [0.5, 0.6) is 0 Å². The molecule has 1 aromatic heterocycles. The molecule has 7 nitrogen and oxygen atoms in total. The maximum atomic E-state index is 13.6. The summed E-state index contributed by atoms with van der Waals surface area (Å²) in [4.78, 5) is 37.9. The van der Waals surface area contributed by atoms with Crippen molar-refractivity contribution in [3.8, 4) is 0 Å². The van der Waals surface area contributed by atoms with Crippen LogP contribution in [0.25, 0.3) is 0 Å².